The lowest BCUT2D eigenvalue weighted by Crippen LogP contribution is -2.44. The highest BCUT2D eigenvalue weighted by molar-refractivity contribution is 7.09. The van der Waals surface area contributed by atoms with Gasteiger partial charge in [-0.15, -0.1) is 11.3 Å². The van der Waals surface area contributed by atoms with Crippen LogP contribution >= 0.6 is 11.3 Å². The lowest BCUT2D eigenvalue weighted by atomic mass is 10.1. The number of aliphatic carboxylic acids is 1. The molecule has 0 bridgehead atoms. The number of unbranched alkanes of at least 4 members (excludes halogenated alkanes) is 1. The minimum absolute atomic E-state index is 0.241. The quantitative estimate of drug-likeness (QED) is 0.784. The zero-order valence-electron chi connectivity index (χ0n) is 11.4. The molecular weight excluding hydrogens is 246 g/mol. The van der Waals surface area contributed by atoms with Crippen LogP contribution < -0.4 is 0 Å². The van der Waals surface area contributed by atoms with Gasteiger partial charge in [0.1, 0.15) is 6.04 Å². The number of hydrogen-bond acceptors (Lipinski definition) is 3. The number of nitrogens with zero attached hydrogens (tertiary/aromatic N) is 1. The predicted molar refractivity (Wildman–Crippen MR) is 75.9 cm³/mol. The molecule has 1 heterocycles. The van der Waals surface area contributed by atoms with E-state index in [4.69, 9.17) is 0 Å². The van der Waals surface area contributed by atoms with Gasteiger partial charge in [-0.3, -0.25) is 9.69 Å². The lowest BCUT2D eigenvalue weighted by molar-refractivity contribution is -0.144. The second-order valence-corrected chi connectivity index (χ2v) is 5.87. The summed E-state index contributed by atoms with van der Waals surface area (Å²) in [5.41, 5.74) is 0. The fourth-order valence-corrected chi connectivity index (χ4v) is 2.78. The van der Waals surface area contributed by atoms with Crippen LogP contribution in [-0.2, 0) is 11.3 Å². The van der Waals surface area contributed by atoms with Gasteiger partial charge in [-0.1, -0.05) is 25.8 Å². The molecule has 1 atom stereocenters. The Morgan fingerprint density at radius 1 is 1.50 bits per heavy atom. The van der Waals surface area contributed by atoms with Crippen molar-refractivity contribution in [1.29, 1.82) is 0 Å². The van der Waals surface area contributed by atoms with Gasteiger partial charge < -0.3 is 5.11 Å². The molecule has 4 heteroatoms. The third-order valence-corrected chi connectivity index (χ3v) is 3.96. The van der Waals surface area contributed by atoms with E-state index in [1.807, 2.05) is 11.4 Å². The molecule has 0 radical (unpaired) electrons. The maximum absolute atomic E-state index is 11.4. The van der Waals surface area contributed by atoms with Crippen molar-refractivity contribution in [2.45, 2.75) is 58.7 Å². The van der Waals surface area contributed by atoms with Crippen LogP contribution in [0, 0.1) is 0 Å². The smallest absolute Gasteiger partial charge is 0.320 e. The van der Waals surface area contributed by atoms with Crippen LogP contribution in [0.2, 0.25) is 0 Å². The maximum atomic E-state index is 11.4. The molecule has 0 saturated heterocycles. The van der Waals surface area contributed by atoms with E-state index in [0.717, 1.165) is 25.8 Å². The van der Waals surface area contributed by atoms with E-state index in [0.29, 0.717) is 0 Å². The van der Waals surface area contributed by atoms with Crippen LogP contribution in [-0.4, -0.2) is 28.1 Å². The minimum atomic E-state index is -0.700. The standard InChI is InChI=1S/C14H23NO2S/c1-4-5-8-13(14(16)17)15(11(2)3)10-12-7-6-9-18-12/h6-7,9,11,13H,4-5,8,10H2,1-3H3,(H,16,17). The van der Waals surface area contributed by atoms with Gasteiger partial charge in [0, 0.05) is 17.5 Å². The molecule has 18 heavy (non-hydrogen) atoms. The van der Waals surface area contributed by atoms with Crippen LogP contribution in [0.1, 0.15) is 44.9 Å². The summed E-state index contributed by atoms with van der Waals surface area (Å²) in [4.78, 5) is 14.8. The summed E-state index contributed by atoms with van der Waals surface area (Å²) in [5, 5.41) is 11.4. The molecule has 102 valence electrons. The van der Waals surface area contributed by atoms with Gasteiger partial charge in [0.25, 0.3) is 0 Å². The van der Waals surface area contributed by atoms with Crippen LogP contribution in [0.4, 0.5) is 0 Å². The van der Waals surface area contributed by atoms with E-state index in [-0.39, 0.29) is 12.1 Å². The van der Waals surface area contributed by atoms with E-state index in [1.54, 1.807) is 11.3 Å². The van der Waals surface area contributed by atoms with E-state index >= 15 is 0 Å². The van der Waals surface area contributed by atoms with Gasteiger partial charge in [-0.2, -0.15) is 0 Å². The largest absolute Gasteiger partial charge is 0.480 e. The molecule has 1 rings (SSSR count). The Morgan fingerprint density at radius 2 is 2.22 bits per heavy atom. The predicted octanol–water partition coefficient (Wildman–Crippen LogP) is 3.60. The molecule has 1 N–H and O–H groups in total. The molecule has 1 aromatic heterocycles. The maximum Gasteiger partial charge on any atom is 0.320 e. The first-order valence-electron chi connectivity index (χ1n) is 6.57. The van der Waals surface area contributed by atoms with Gasteiger partial charge in [-0.05, 0) is 31.7 Å². The van der Waals surface area contributed by atoms with E-state index in [2.05, 4.69) is 31.7 Å². The molecule has 0 saturated carbocycles. The summed E-state index contributed by atoms with van der Waals surface area (Å²) in [6.45, 7) is 6.96. The summed E-state index contributed by atoms with van der Waals surface area (Å²) in [5.74, 6) is -0.700. The number of carboxylic acid groups (broad SMARTS) is 1. The molecule has 0 aromatic carbocycles. The Labute approximate surface area is 113 Å². The molecule has 0 aliphatic carbocycles. The van der Waals surface area contributed by atoms with Gasteiger partial charge >= 0.3 is 5.97 Å². The van der Waals surface area contributed by atoms with Gasteiger partial charge in [0.05, 0.1) is 0 Å². The van der Waals surface area contributed by atoms with Crippen molar-refractivity contribution >= 4 is 17.3 Å². The highest BCUT2D eigenvalue weighted by Crippen LogP contribution is 2.19. The fraction of sp³-hybridized carbons (Fsp3) is 0.643. The van der Waals surface area contributed by atoms with E-state index in [1.165, 1.54) is 4.88 Å². The Bertz CT molecular complexity index is 349. The van der Waals surface area contributed by atoms with Crippen LogP contribution in [0.15, 0.2) is 17.5 Å². The van der Waals surface area contributed by atoms with E-state index in [9.17, 15) is 9.90 Å². The van der Waals surface area contributed by atoms with Gasteiger partial charge in [0.2, 0.25) is 0 Å². The Hall–Kier alpha value is -0.870. The van der Waals surface area contributed by atoms with Crippen molar-refractivity contribution in [2.24, 2.45) is 0 Å². The fourth-order valence-electron chi connectivity index (χ4n) is 2.06. The summed E-state index contributed by atoms with van der Waals surface area (Å²) < 4.78 is 0. The molecule has 0 aliphatic heterocycles. The third-order valence-electron chi connectivity index (χ3n) is 3.10. The average molecular weight is 269 g/mol. The van der Waals surface area contributed by atoms with Crippen molar-refractivity contribution in [3.8, 4) is 0 Å². The summed E-state index contributed by atoms with van der Waals surface area (Å²) in [6.07, 6.45) is 2.73. The van der Waals surface area contributed by atoms with E-state index < -0.39 is 5.97 Å². The van der Waals surface area contributed by atoms with Crippen molar-refractivity contribution in [1.82, 2.24) is 4.90 Å². The third kappa shape index (κ3) is 4.42. The van der Waals surface area contributed by atoms with Crippen molar-refractivity contribution < 1.29 is 9.90 Å². The first-order valence-corrected chi connectivity index (χ1v) is 7.45. The summed E-state index contributed by atoms with van der Waals surface area (Å²) >= 11 is 1.69. The monoisotopic (exact) mass is 269 g/mol. The molecule has 1 aromatic rings. The molecular formula is C14H23NO2S. The Kier molecular flexibility index (Phi) is 6.36. The number of rotatable bonds is 8. The normalized spacial score (nSPS) is 13.2. The van der Waals surface area contributed by atoms with Gasteiger partial charge in [-0.25, -0.2) is 0 Å². The molecule has 0 fully saturated rings. The van der Waals surface area contributed by atoms with Crippen molar-refractivity contribution in [3.05, 3.63) is 22.4 Å². The van der Waals surface area contributed by atoms with Crippen LogP contribution in [0.3, 0.4) is 0 Å². The lowest BCUT2D eigenvalue weighted by Gasteiger charge is -2.32. The Balaban J connectivity index is 2.76. The molecule has 0 spiro atoms. The Morgan fingerprint density at radius 3 is 2.67 bits per heavy atom. The highest BCUT2D eigenvalue weighted by atomic mass is 32.1. The molecule has 0 amide bonds. The SMILES string of the molecule is CCCCC(C(=O)O)N(Cc1cccs1)C(C)C. The number of thiophene rings is 1. The average Bonchev–Trinajstić information content (AvgIpc) is 2.80. The number of carboxylic acids is 1. The molecule has 0 aliphatic rings. The zero-order valence-corrected chi connectivity index (χ0v) is 12.2. The first-order chi connectivity index (χ1) is 8.56. The van der Waals surface area contributed by atoms with Crippen molar-refractivity contribution in [2.75, 3.05) is 0 Å². The summed E-state index contributed by atoms with van der Waals surface area (Å²) in [7, 11) is 0. The zero-order chi connectivity index (χ0) is 13.5. The van der Waals surface area contributed by atoms with Gasteiger partial charge in [0.15, 0.2) is 0 Å². The highest BCUT2D eigenvalue weighted by Gasteiger charge is 2.27. The first kappa shape index (κ1) is 15.2. The van der Waals surface area contributed by atoms with Crippen LogP contribution in [0.5, 0.6) is 0 Å². The number of hydrogen-bond donors (Lipinski definition) is 1. The molecule has 1 unspecified atom stereocenters. The number of carbonyl (C=O) groups is 1. The summed E-state index contributed by atoms with van der Waals surface area (Å²) in [6, 6.07) is 3.95. The minimum Gasteiger partial charge on any atom is -0.480 e. The van der Waals surface area contributed by atoms with Crippen LogP contribution in [0.25, 0.3) is 0 Å². The molecule has 3 nitrogen and oxygen atoms in total. The second kappa shape index (κ2) is 7.54. The topological polar surface area (TPSA) is 40.5 Å². The second-order valence-electron chi connectivity index (χ2n) is 4.84. The van der Waals surface area contributed by atoms with Crippen molar-refractivity contribution in [3.63, 3.8) is 0 Å².